The van der Waals surface area contributed by atoms with Gasteiger partial charge in [-0.2, -0.15) is 0 Å². The molecule has 0 heterocycles. The lowest BCUT2D eigenvalue weighted by atomic mass is 9.86. The Morgan fingerprint density at radius 3 is 2.37 bits per heavy atom. The normalized spacial score (nSPS) is 12.9. The van der Waals surface area contributed by atoms with E-state index >= 15 is 0 Å². The predicted molar refractivity (Wildman–Crippen MR) is 79.6 cm³/mol. The Morgan fingerprint density at radius 1 is 1.16 bits per heavy atom. The predicted octanol–water partition coefficient (Wildman–Crippen LogP) is 2.34. The van der Waals surface area contributed by atoms with Gasteiger partial charge in [-0.1, -0.05) is 25.4 Å². The fourth-order valence-electron chi connectivity index (χ4n) is 1.88. The van der Waals surface area contributed by atoms with Crippen molar-refractivity contribution in [3.05, 3.63) is 0 Å². The molecule has 4 N–H and O–H groups in total. The van der Waals surface area contributed by atoms with Crippen molar-refractivity contribution < 1.29 is 9.94 Å². The molecule has 0 aromatic heterocycles. The van der Waals surface area contributed by atoms with Crippen LogP contribution in [0.4, 0.5) is 0 Å². The van der Waals surface area contributed by atoms with E-state index in [1.807, 2.05) is 13.8 Å². The van der Waals surface area contributed by atoms with Gasteiger partial charge in [0.1, 0.15) is 5.84 Å². The molecule has 0 spiro atoms. The molecule has 0 saturated carbocycles. The molecular formula is C14H31N3O2. The molecule has 0 rings (SSSR count). The zero-order valence-electron chi connectivity index (χ0n) is 12.7. The highest BCUT2D eigenvalue weighted by Gasteiger charge is 2.22. The van der Waals surface area contributed by atoms with Crippen LogP contribution in [0.15, 0.2) is 5.16 Å². The topological polar surface area (TPSA) is 79.9 Å². The quantitative estimate of drug-likeness (QED) is 0.168. The SMILES string of the molecule is COCCCCCNCCCCC(C)(C)C(N)=NO. The van der Waals surface area contributed by atoms with Crippen molar-refractivity contribution >= 4 is 5.84 Å². The van der Waals surface area contributed by atoms with Gasteiger partial charge in [0.2, 0.25) is 0 Å². The van der Waals surface area contributed by atoms with Crippen LogP contribution < -0.4 is 11.1 Å². The van der Waals surface area contributed by atoms with E-state index in [-0.39, 0.29) is 5.41 Å². The third-order valence-electron chi connectivity index (χ3n) is 3.41. The minimum atomic E-state index is -0.213. The molecule has 5 heteroatoms. The second-order valence-corrected chi connectivity index (χ2v) is 5.63. The Labute approximate surface area is 117 Å². The number of nitrogens with two attached hydrogens (primary N) is 1. The number of ether oxygens (including phenoxy) is 1. The minimum absolute atomic E-state index is 0.213. The van der Waals surface area contributed by atoms with Gasteiger partial charge in [-0.25, -0.2) is 0 Å². The summed E-state index contributed by atoms with van der Waals surface area (Å²) >= 11 is 0. The minimum Gasteiger partial charge on any atom is -0.409 e. The van der Waals surface area contributed by atoms with Crippen LogP contribution in [0.5, 0.6) is 0 Å². The Bertz CT molecular complexity index is 243. The van der Waals surface area contributed by atoms with Gasteiger partial charge in [0, 0.05) is 19.1 Å². The summed E-state index contributed by atoms with van der Waals surface area (Å²) in [6.07, 6.45) is 6.72. The number of rotatable bonds is 12. The number of methoxy groups -OCH3 is 1. The summed E-state index contributed by atoms with van der Waals surface area (Å²) in [6, 6.07) is 0. The van der Waals surface area contributed by atoms with E-state index in [0.717, 1.165) is 45.4 Å². The lowest BCUT2D eigenvalue weighted by Crippen LogP contribution is -2.32. The molecule has 0 aliphatic heterocycles. The largest absolute Gasteiger partial charge is 0.409 e. The zero-order chi connectivity index (χ0) is 14.6. The molecule has 0 unspecified atom stereocenters. The van der Waals surface area contributed by atoms with Crippen LogP contribution in [0.3, 0.4) is 0 Å². The van der Waals surface area contributed by atoms with Gasteiger partial charge in [-0.05, 0) is 45.2 Å². The maximum atomic E-state index is 8.67. The molecule has 0 fully saturated rings. The maximum absolute atomic E-state index is 8.67. The van der Waals surface area contributed by atoms with E-state index in [2.05, 4.69) is 10.5 Å². The lowest BCUT2D eigenvalue weighted by Gasteiger charge is -2.22. The van der Waals surface area contributed by atoms with Gasteiger partial charge in [-0.3, -0.25) is 0 Å². The highest BCUT2D eigenvalue weighted by atomic mass is 16.5. The fourth-order valence-corrected chi connectivity index (χ4v) is 1.88. The van der Waals surface area contributed by atoms with Crippen molar-refractivity contribution in [3.8, 4) is 0 Å². The van der Waals surface area contributed by atoms with Crippen LogP contribution in [0.2, 0.25) is 0 Å². The molecule has 19 heavy (non-hydrogen) atoms. The number of nitrogens with one attached hydrogen (secondary N) is 1. The smallest absolute Gasteiger partial charge is 0.144 e. The molecule has 0 atom stereocenters. The van der Waals surface area contributed by atoms with Crippen molar-refractivity contribution in [1.29, 1.82) is 0 Å². The van der Waals surface area contributed by atoms with Crippen molar-refractivity contribution in [3.63, 3.8) is 0 Å². The van der Waals surface area contributed by atoms with Crippen molar-refractivity contribution in [1.82, 2.24) is 5.32 Å². The Kier molecular flexibility index (Phi) is 10.6. The Morgan fingerprint density at radius 2 is 1.79 bits per heavy atom. The summed E-state index contributed by atoms with van der Waals surface area (Å²) in [4.78, 5) is 0. The molecule has 0 aromatic carbocycles. The number of nitrogens with zero attached hydrogens (tertiary/aromatic N) is 1. The van der Waals surface area contributed by atoms with E-state index < -0.39 is 0 Å². The molecule has 0 bridgehead atoms. The Balaban J connectivity index is 3.36. The van der Waals surface area contributed by atoms with Crippen molar-refractivity contribution in [2.45, 2.75) is 52.4 Å². The van der Waals surface area contributed by atoms with Crippen LogP contribution in [0.1, 0.15) is 52.4 Å². The average molecular weight is 273 g/mol. The first kappa shape index (κ1) is 18.2. The van der Waals surface area contributed by atoms with Gasteiger partial charge in [0.25, 0.3) is 0 Å². The van der Waals surface area contributed by atoms with E-state index in [1.54, 1.807) is 7.11 Å². The van der Waals surface area contributed by atoms with Crippen LogP contribution >= 0.6 is 0 Å². The second kappa shape index (κ2) is 11.1. The van der Waals surface area contributed by atoms with Crippen molar-refractivity contribution in [2.24, 2.45) is 16.3 Å². The van der Waals surface area contributed by atoms with Gasteiger partial charge in [0.05, 0.1) is 0 Å². The molecule has 114 valence electrons. The molecule has 5 nitrogen and oxygen atoms in total. The summed E-state index contributed by atoms with van der Waals surface area (Å²) in [7, 11) is 1.74. The standard InChI is InChI=1S/C14H31N3O2/c1-14(2,13(15)17-18)9-5-7-11-16-10-6-4-8-12-19-3/h16,18H,4-12H2,1-3H3,(H2,15,17). The van der Waals surface area contributed by atoms with Gasteiger partial charge < -0.3 is 21.0 Å². The third kappa shape index (κ3) is 9.73. The summed E-state index contributed by atoms with van der Waals surface area (Å²) in [5.74, 6) is 0.318. The van der Waals surface area contributed by atoms with E-state index in [1.165, 1.54) is 12.8 Å². The summed E-state index contributed by atoms with van der Waals surface area (Å²) in [5, 5.41) is 15.2. The monoisotopic (exact) mass is 273 g/mol. The summed E-state index contributed by atoms with van der Waals surface area (Å²) in [5.41, 5.74) is 5.43. The first-order valence-corrected chi connectivity index (χ1v) is 7.22. The molecule has 0 radical (unpaired) electrons. The number of hydrogen-bond donors (Lipinski definition) is 3. The van der Waals surface area contributed by atoms with Gasteiger partial charge in [0.15, 0.2) is 0 Å². The van der Waals surface area contributed by atoms with E-state index in [0.29, 0.717) is 5.84 Å². The highest BCUT2D eigenvalue weighted by Crippen LogP contribution is 2.22. The lowest BCUT2D eigenvalue weighted by molar-refractivity contribution is 0.192. The first-order chi connectivity index (χ1) is 9.04. The zero-order valence-corrected chi connectivity index (χ0v) is 12.7. The number of oxime groups is 1. The van der Waals surface area contributed by atoms with E-state index in [4.69, 9.17) is 15.7 Å². The second-order valence-electron chi connectivity index (χ2n) is 5.63. The molecule has 0 aliphatic carbocycles. The highest BCUT2D eigenvalue weighted by molar-refractivity contribution is 5.85. The van der Waals surface area contributed by atoms with Gasteiger partial charge >= 0.3 is 0 Å². The Hall–Kier alpha value is -0.810. The first-order valence-electron chi connectivity index (χ1n) is 7.22. The third-order valence-corrected chi connectivity index (χ3v) is 3.41. The van der Waals surface area contributed by atoms with Crippen LogP contribution in [0.25, 0.3) is 0 Å². The van der Waals surface area contributed by atoms with Crippen LogP contribution in [0, 0.1) is 5.41 Å². The number of amidine groups is 1. The maximum Gasteiger partial charge on any atom is 0.144 e. The number of unbranched alkanes of at least 4 members (excludes halogenated alkanes) is 3. The molecule has 0 saturated heterocycles. The average Bonchev–Trinajstić information content (AvgIpc) is 2.39. The number of hydrogen-bond acceptors (Lipinski definition) is 4. The van der Waals surface area contributed by atoms with Crippen LogP contribution in [-0.4, -0.2) is 37.8 Å². The van der Waals surface area contributed by atoms with E-state index in [9.17, 15) is 0 Å². The summed E-state index contributed by atoms with van der Waals surface area (Å²) in [6.45, 7) is 6.99. The fraction of sp³-hybridized carbons (Fsp3) is 0.929. The molecule has 0 amide bonds. The van der Waals surface area contributed by atoms with Crippen LogP contribution in [-0.2, 0) is 4.74 Å². The van der Waals surface area contributed by atoms with Crippen molar-refractivity contribution in [2.75, 3.05) is 26.8 Å². The van der Waals surface area contributed by atoms with Gasteiger partial charge in [-0.15, -0.1) is 0 Å². The molecule has 0 aromatic rings. The molecular weight excluding hydrogens is 242 g/mol. The molecule has 0 aliphatic rings. The summed E-state index contributed by atoms with van der Waals surface area (Å²) < 4.78 is 5.00.